The molecule has 5 rings (SSSR count). The minimum absolute atomic E-state index is 0.113. The Morgan fingerprint density at radius 3 is 2.14 bits per heavy atom. The Balaban J connectivity index is 1.49. The molecule has 4 saturated carbocycles. The van der Waals surface area contributed by atoms with Gasteiger partial charge in [-0.05, 0) is 101 Å². The number of carbonyl (C=O) groups is 1. The SMILES string of the molecule is CC(C)NS(=O)(=O)c1cccc(C(=O)NC(C)C23CC4CC(CC(C4)C2)C3)c1. The Kier molecular flexibility index (Phi) is 5.07. The van der Waals surface area contributed by atoms with Crippen LogP contribution in [0.15, 0.2) is 29.2 Å². The summed E-state index contributed by atoms with van der Waals surface area (Å²) in [7, 11) is -3.61. The van der Waals surface area contributed by atoms with Crippen molar-refractivity contribution in [1.29, 1.82) is 0 Å². The summed E-state index contributed by atoms with van der Waals surface area (Å²) < 4.78 is 27.4. The molecule has 0 heterocycles. The van der Waals surface area contributed by atoms with Crippen molar-refractivity contribution < 1.29 is 13.2 Å². The van der Waals surface area contributed by atoms with Crippen LogP contribution in [-0.4, -0.2) is 26.4 Å². The number of rotatable bonds is 6. The summed E-state index contributed by atoms with van der Waals surface area (Å²) >= 11 is 0. The van der Waals surface area contributed by atoms with Crippen molar-refractivity contribution in [2.24, 2.45) is 23.2 Å². The zero-order valence-electron chi connectivity index (χ0n) is 17.1. The molecule has 0 saturated heterocycles. The highest BCUT2D eigenvalue weighted by molar-refractivity contribution is 7.89. The third-order valence-corrected chi connectivity index (χ3v) is 8.81. The number of carbonyl (C=O) groups excluding carboxylic acids is 1. The highest BCUT2D eigenvalue weighted by Gasteiger charge is 2.53. The van der Waals surface area contributed by atoms with Crippen LogP contribution in [0.1, 0.15) is 69.7 Å². The average Bonchev–Trinajstić information content (AvgIpc) is 2.59. The van der Waals surface area contributed by atoms with Crippen LogP contribution in [0.2, 0.25) is 0 Å². The van der Waals surface area contributed by atoms with E-state index >= 15 is 0 Å². The molecule has 154 valence electrons. The van der Waals surface area contributed by atoms with E-state index in [0.29, 0.717) is 5.56 Å². The molecule has 4 bridgehead atoms. The molecule has 4 fully saturated rings. The van der Waals surface area contributed by atoms with Crippen molar-refractivity contribution >= 4 is 15.9 Å². The predicted octanol–water partition coefficient (Wildman–Crippen LogP) is 3.71. The zero-order chi connectivity index (χ0) is 20.1. The van der Waals surface area contributed by atoms with E-state index in [1.165, 1.54) is 50.7 Å². The second kappa shape index (κ2) is 7.13. The number of hydrogen-bond acceptors (Lipinski definition) is 3. The molecule has 0 aromatic heterocycles. The Labute approximate surface area is 168 Å². The lowest BCUT2D eigenvalue weighted by Gasteiger charge is -2.59. The van der Waals surface area contributed by atoms with Crippen molar-refractivity contribution in [2.75, 3.05) is 0 Å². The van der Waals surface area contributed by atoms with Gasteiger partial charge in [-0.25, -0.2) is 13.1 Å². The lowest BCUT2D eigenvalue weighted by Crippen LogP contribution is -2.55. The second-order valence-corrected chi connectivity index (χ2v) is 11.5. The van der Waals surface area contributed by atoms with Crippen molar-refractivity contribution in [1.82, 2.24) is 10.0 Å². The summed E-state index contributed by atoms with van der Waals surface area (Å²) in [6.45, 7) is 5.70. The highest BCUT2D eigenvalue weighted by Crippen LogP contribution is 2.61. The van der Waals surface area contributed by atoms with Gasteiger partial charge >= 0.3 is 0 Å². The van der Waals surface area contributed by atoms with E-state index < -0.39 is 10.0 Å². The maximum absolute atomic E-state index is 12.9. The molecule has 4 aliphatic carbocycles. The summed E-state index contributed by atoms with van der Waals surface area (Å²) in [5, 5.41) is 3.22. The minimum Gasteiger partial charge on any atom is -0.349 e. The molecule has 1 aromatic carbocycles. The van der Waals surface area contributed by atoms with Crippen LogP contribution in [-0.2, 0) is 10.0 Å². The van der Waals surface area contributed by atoms with Crippen LogP contribution >= 0.6 is 0 Å². The first-order valence-electron chi connectivity index (χ1n) is 10.6. The molecular formula is C22H32N2O3S. The van der Waals surface area contributed by atoms with E-state index in [1.807, 2.05) is 0 Å². The van der Waals surface area contributed by atoms with E-state index in [2.05, 4.69) is 17.0 Å². The zero-order valence-corrected chi connectivity index (χ0v) is 17.9. The van der Waals surface area contributed by atoms with E-state index in [9.17, 15) is 13.2 Å². The van der Waals surface area contributed by atoms with Gasteiger partial charge in [0, 0.05) is 17.6 Å². The number of nitrogens with one attached hydrogen (secondary N) is 2. The quantitative estimate of drug-likeness (QED) is 0.759. The summed E-state index contributed by atoms with van der Waals surface area (Å²) in [4.78, 5) is 13.1. The maximum atomic E-state index is 12.9. The first-order valence-corrected chi connectivity index (χ1v) is 12.1. The van der Waals surface area contributed by atoms with Gasteiger partial charge in [0.05, 0.1) is 4.90 Å². The van der Waals surface area contributed by atoms with E-state index in [1.54, 1.807) is 26.0 Å². The third-order valence-electron chi connectivity index (χ3n) is 7.15. The molecular weight excluding hydrogens is 372 g/mol. The van der Waals surface area contributed by atoms with Gasteiger partial charge in [-0.2, -0.15) is 0 Å². The van der Waals surface area contributed by atoms with Crippen LogP contribution in [0.5, 0.6) is 0 Å². The Hall–Kier alpha value is -1.40. The summed E-state index contributed by atoms with van der Waals surface area (Å²) in [6, 6.07) is 6.26. The Morgan fingerprint density at radius 2 is 1.61 bits per heavy atom. The van der Waals surface area contributed by atoms with Gasteiger partial charge in [0.25, 0.3) is 5.91 Å². The lowest BCUT2D eigenvalue weighted by atomic mass is 9.48. The summed E-state index contributed by atoms with van der Waals surface area (Å²) in [6.07, 6.45) is 7.82. The van der Waals surface area contributed by atoms with E-state index in [4.69, 9.17) is 0 Å². The Morgan fingerprint density at radius 1 is 1.04 bits per heavy atom. The van der Waals surface area contributed by atoms with Gasteiger partial charge in [0.15, 0.2) is 0 Å². The number of amides is 1. The largest absolute Gasteiger partial charge is 0.349 e. The molecule has 28 heavy (non-hydrogen) atoms. The number of sulfonamides is 1. The molecule has 0 radical (unpaired) electrons. The molecule has 1 aromatic rings. The molecule has 4 aliphatic rings. The normalized spacial score (nSPS) is 32.5. The van der Waals surface area contributed by atoms with Crippen molar-refractivity contribution in [2.45, 2.75) is 76.3 Å². The van der Waals surface area contributed by atoms with Gasteiger partial charge in [-0.1, -0.05) is 6.07 Å². The minimum atomic E-state index is -3.61. The molecule has 1 unspecified atom stereocenters. The fraction of sp³-hybridized carbons (Fsp3) is 0.682. The van der Waals surface area contributed by atoms with Crippen LogP contribution in [0.25, 0.3) is 0 Å². The molecule has 5 nitrogen and oxygen atoms in total. The smallest absolute Gasteiger partial charge is 0.251 e. The van der Waals surface area contributed by atoms with Crippen molar-refractivity contribution in [3.05, 3.63) is 29.8 Å². The van der Waals surface area contributed by atoms with Gasteiger partial charge in [-0.15, -0.1) is 0 Å². The molecule has 1 amide bonds. The predicted molar refractivity (Wildman–Crippen MR) is 109 cm³/mol. The fourth-order valence-corrected chi connectivity index (χ4v) is 7.62. The number of benzene rings is 1. The summed E-state index contributed by atoms with van der Waals surface area (Å²) in [5.41, 5.74) is 0.635. The van der Waals surface area contributed by atoms with Gasteiger partial charge < -0.3 is 5.32 Å². The van der Waals surface area contributed by atoms with Gasteiger partial charge in [0.2, 0.25) is 10.0 Å². The molecule has 0 aliphatic heterocycles. The van der Waals surface area contributed by atoms with Crippen LogP contribution in [0, 0.1) is 23.2 Å². The molecule has 6 heteroatoms. The maximum Gasteiger partial charge on any atom is 0.251 e. The van der Waals surface area contributed by atoms with E-state index in [0.717, 1.165) is 17.8 Å². The van der Waals surface area contributed by atoms with Gasteiger partial charge in [-0.3, -0.25) is 4.79 Å². The van der Waals surface area contributed by atoms with E-state index in [-0.39, 0.29) is 28.3 Å². The summed E-state index contributed by atoms with van der Waals surface area (Å²) in [5.74, 6) is 2.33. The van der Waals surface area contributed by atoms with Crippen molar-refractivity contribution in [3.8, 4) is 0 Å². The standard InChI is InChI=1S/C22H32N2O3S/c1-14(2)24-28(26,27)20-6-4-5-19(10-20)21(25)23-15(3)22-11-16-7-17(12-22)9-18(8-16)13-22/h4-6,10,14-18,24H,7-9,11-13H2,1-3H3,(H,23,25). The Bertz CT molecular complexity index is 827. The third kappa shape index (κ3) is 3.73. The molecule has 2 N–H and O–H groups in total. The number of hydrogen-bond donors (Lipinski definition) is 2. The first kappa shape index (κ1) is 19.9. The van der Waals surface area contributed by atoms with Crippen LogP contribution in [0.4, 0.5) is 0 Å². The fourth-order valence-electron chi connectivity index (χ4n) is 6.32. The molecule has 0 spiro atoms. The monoisotopic (exact) mass is 404 g/mol. The topological polar surface area (TPSA) is 75.3 Å². The lowest BCUT2D eigenvalue weighted by molar-refractivity contribution is -0.0688. The highest BCUT2D eigenvalue weighted by atomic mass is 32.2. The van der Waals surface area contributed by atoms with Crippen LogP contribution < -0.4 is 10.0 Å². The van der Waals surface area contributed by atoms with Crippen LogP contribution in [0.3, 0.4) is 0 Å². The van der Waals surface area contributed by atoms with Crippen molar-refractivity contribution in [3.63, 3.8) is 0 Å². The average molecular weight is 405 g/mol. The molecule has 1 atom stereocenters. The van der Waals surface area contributed by atoms with Gasteiger partial charge in [0.1, 0.15) is 0 Å². The first-order chi connectivity index (χ1) is 13.2. The second-order valence-electron chi connectivity index (χ2n) is 9.78.